The van der Waals surface area contributed by atoms with Gasteiger partial charge in [-0.1, -0.05) is 24.3 Å². The molecule has 12 heteroatoms. The maximum Gasteiger partial charge on any atom is 0.410 e. The number of pyridine rings is 1. The molecule has 7 rings (SSSR count). The molecule has 0 unspecified atom stereocenters. The van der Waals surface area contributed by atoms with Crippen LogP contribution < -0.4 is 20.4 Å². The number of amides is 2. The molecule has 3 aromatic heterocycles. The van der Waals surface area contributed by atoms with Gasteiger partial charge in [0.25, 0.3) is 5.91 Å². The summed E-state index contributed by atoms with van der Waals surface area (Å²) in [5, 5.41) is 3.18. The van der Waals surface area contributed by atoms with Gasteiger partial charge in [0.15, 0.2) is 5.65 Å². The Hall–Kier alpha value is -5.13. The van der Waals surface area contributed by atoms with E-state index in [4.69, 9.17) is 14.5 Å². The van der Waals surface area contributed by atoms with E-state index in [2.05, 4.69) is 20.2 Å². The molecule has 2 fully saturated rings. The Labute approximate surface area is 271 Å². The summed E-state index contributed by atoms with van der Waals surface area (Å²) in [6.45, 7) is 8.72. The lowest BCUT2D eigenvalue weighted by Gasteiger charge is -2.39. The lowest BCUT2D eigenvalue weighted by molar-refractivity contribution is 0.0121. The molecule has 0 atom stereocenters. The number of aromatic nitrogens is 4. The molecule has 1 spiro atoms. The van der Waals surface area contributed by atoms with Crippen LogP contribution in [-0.4, -0.2) is 75.1 Å². The molecule has 0 bridgehead atoms. The van der Waals surface area contributed by atoms with Crippen molar-refractivity contribution >= 4 is 45.7 Å². The van der Waals surface area contributed by atoms with Crippen molar-refractivity contribution in [3.63, 3.8) is 0 Å². The molecule has 5 heterocycles. The predicted octanol–water partition coefficient (Wildman–Crippen LogP) is 4.89. The molecule has 47 heavy (non-hydrogen) atoms. The first-order chi connectivity index (χ1) is 22.5. The molecule has 244 valence electrons. The number of likely N-dealkylation sites (tertiary alicyclic amines) is 1. The van der Waals surface area contributed by atoms with E-state index in [9.17, 15) is 14.4 Å². The van der Waals surface area contributed by atoms with Gasteiger partial charge in [0.2, 0.25) is 11.4 Å². The van der Waals surface area contributed by atoms with Crippen LogP contribution in [0.1, 0.15) is 56.0 Å². The van der Waals surface area contributed by atoms with Crippen LogP contribution in [0.3, 0.4) is 0 Å². The number of methoxy groups -OCH3 is 1. The largest absolute Gasteiger partial charge is 0.497 e. The monoisotopic (exact) mass is 637 g/mol. The van der Waals surface area contributed by atoms with Gasteiger partial charge in [-0.2, -0.15) is 4.98 Å². The fraction of sp³-hybridized carbons (Fsp3) is 0.400. The third kappa shape index (κ3) is 5.72. The summed E-state index contributed by atoms with van der Waals surface area (Å²) in [7, 11) is 1.60. The second-order valence-corrected chi connectivity index (χ2v) is 13.6. The molecule has 2 saturated heterocycles. The molecule has 5 aromatic rings. The standard InChI is InChI=1S/C35H39N7O5/c1-34(2,3)47-33(45)40-16-13-35(14-17-40)15-18-41(21-35)32-37-20-24-28(43)27(31(44)36-19-22-9-11-23(46-4)12-10-22)30-38-25-7-5-6-8-26(25)42(30)29(24)39-32/h5-12,20,38H,13-19,21H2,1-4H3,(H,36,44). The van der Waals surface area contributed by atoms with Crippen molar-refractivity contribution in [1.82, 2.24) is 29.6 Å². The quantitative estimate of drug-likeness (QED) is 0.278. The molecule has 0 aliphatic carbocycles. The van der Waals surface area contributed by atoms with E-state index in [1.807, 2.05) is 73.7 Å². The lowest BCUT2D eigenvalue weighted by atomic mass is 9.78. The number of benzene rings is 2. The van der Waals surface area contributed by atoms with E-state index in [0.717, 1.165) is 54.7 Å². The highest BCUT2D eigenvalue weighted by Crippen LogP contribution is 2.41. The minimum atomic E-state index is -0.524. The molecular formula is C35H39N7O5. The predicted molar refractivity (Wildman–Crippen MR) is 179 cm³/mol. The number of aromatic amines is 1. The third-order valence-corrected chi connectivity index (χ3v) is 9.33. The summed E-state index contributed by atoms with van der Waals surface area (Å²) in [6, 6.07) is 15.1. The Kier molecular flexibility index (Phi) is 7.53. The van der Waals surface area contributed by atoms with Crippen molar-refractivity contribution in [3.05, 3.63) is 76.1 Å². The molecule has 2 amide bonds. The number of ether oxygens (including phenoxy) is 2. The highest BCUT2D eigenvalue weighted by Gasteiger charge is 2.43. The van der Waals surface area contributed by atoms with Crippen LogP contribution in [0.25, 0.3) is 27.7 Å². The Morgan fingerprint density at radius 1 is 1.02 bits per heavy atom. The van der Waals surface area contributed by atoms with Crippen LogP contribution >= 0.6 is 0 Å². The first-order valence-corrected chi connectivity index (χ1v) is 16.0. The molecule has 12 nitrogen and oxygen atoms in total. The molecule has 0 radical (unpaired) electrons. The number of carbonyl (C=O) groups is 2. The van der Waals surface area contributed by atoms with E-state index in [-0.39, 0.29) is 29.0 Å². The average Bonchev–Trinajstić information content (AvgIpc) is 3.65. The minimum Gasteiger partial charge on any atom is -0.497 e. The first-order valence-electron chi connectivity index (χ1n) is 16.0. The normalized spacial score (nSPS) is 16.3. The number of H-pyrrole nitrogens is 1. The Balaban J connectivity index is 1.18. The summed E-state index contributed by atoms with van der Waals surface area (Å²) in [6.07, 6.45) is 3.99. The first kappa shape index (κ1) is 30.5. The third-order valence-electron chi connectivity index (χ3n) is 9.33. The molecule has 2 N–H and O–H groups in total. The number of carbonyl (C=O) groups excluding carboxylic acids is 2. The Bertz CT molecular complexity index is 2050. The summed E-state index contributed by atoms with van der Waals surface area (Å²) in [4.78, 5) is 57.1. The summed E-state index contributed by atoms with van der Waals surface area (Å²) >= 11 is 0. The maximum atomic E-state index is 14.0. The van der Waals surface area contributed by atoms with E-state index >= 15 is 0 Å². The Morgan fingerprint density at radius 3 is 2.47 bits per heavy atom. The van der Waals surface area contributed by atoms with Crippen molar-refractivity contribution in [2.45, 2.75) is 52.2 Å². The van der Waals surface area contributed by atoms with Gasteiger partial charge in [-0.3, -0.25) is 14.0 Å². The van der Waals surface area contributed by atoms with Crippen LogP contribution in [0.5, 0.6) is 5.75 Å². The fourth-order valence-corrected chi connectivity index (χ4v) is 6.79. The fourth-order valence-electron chi connectivity index (χ4n) is 6.79. The topological polar surface area (TPSA) is 134 Å². The number of imidazole rings is 1. The second-order valence-electron chi connectivity index (χ2n) is 13.6. The number of nitrogens with one attached hydrogen (secondary N) is 2. The number of para-hydroxylation sites is 2. The lowest BCUT2D eigenvalue weighted by Crippen LogP contribution is -2.46. The van der Waals surface area contributed by atoms with Gasteiger partial charge in [-0.05, 0) is 75.3 Å². The van der Waals surface area contributed by atoms with E-state index in [1.54, 1.807) is 18.2 Å². The van der Waals surface area contributed by atoms with Crippen LogP contribution in [0.15, 0.2) is 59.5 Å². The SMILES string of the molecule is COc1ccc(CNC(=O)c2c(=O)c3cnc(N4CCC5(CCN(C(=O)OC(C)(C)C)CC5)C4)nc3n3c2[nH]c2ccccc23)cc1. The Morgan fingerprint density at radius 2 is 1.74 bits per heavy atom. The highest BCUT2D eigenvalue weighted by molar-refractivity contribution is 6.05. The smallest absolute Gasteiger partial charge is 0.410 e. The van der Waals surface area contributed by atoms with E-state index in [0.29, 0.717) is 30.3 Å². The van der Waals surface area contributed by atoms with Crippen LogP contribution in [-0.2, 0) is 11.3 Å². The van der Waals surface area contributed by atoms with Gasteiger partial charge in [-0.25, -0.2) is 9.78 Å². The summed E-state index contributed by atoms with van der Waals surface area (Å²) in [5.41, 5.74) is 2.38. The minimum absolute atomic E-state index is 0.00966. The van der Waals surface area contributed by atoms with Crippen molar-refractivity contribution in [1.29, 1.82) is 0 Å². The number of hydrogen-bond donors (Lipinski definition) is 2. The zero-order valence-electron chi connectivity index (χ0n) is 27.1. The van der Waals surface area contributed by atoms with Crippen molar-refractivity contribution < 1.29 is 19.1 Å². The van der Waals surface area contributed by atoms with Gasteiger partial charge in [0.1, 0.15) is 22.6 Å². The van der Waals surface area contributed by atoms with Crippen LogP contribution in [0.2, 0.25) is 0 Å². The highest BCUT2D eigenvalue weighted by atomic mass is 16.6. The molecule has 2 aliphatic heterocycles. The number of rotatable bonds is 5. The number of piperidine rings is 1. The number of fused-ring (bicyclic) bond motifs is 5. The van der Waals surface area contributed by atoms with Gasteiger partial charge in [0.05, 0.1) is 23.5 Å². The maximum absolute atomic E-state index is 14.0. The summed E-state index contributed by atoms with van der Waals surface area (Å²) in [5.74, 6) is 0.777. The number of hydrogen-bond acceptors (Lipinski definition) is 8. The molecular weight excluding hydrogens is 598 g/mol. The number of nitrogens with zero attached hydrogens (tertiary/aromatic N) is 5. The van der Waals surface area contributed by atoms with Crippen LogP contribution in [0, 0.1) is 5.41 Å². The van der Waals surface area contributed by atoms with Gasteiger partial charge in [0, 0.05) is 38.9 Å². The molecule has 0 saturated carbocycles. The molecule has 2 aromatic carbocycles. The zero-order valence-corrected chi connectivity index (χ0v) is 27.1. The van der Waals surface area contributed by atoms with E-state index in [1.165, 1.54) is 0 Å². The molecule has 2 aliphatic rings. The van der Waals surface area contributed by atoms with E-state index < -0.39 is 16.9 Å². The van der Waals surface area contributed by atoms with Crippen molar-refractivity contribution in [3.8, 4) is 5.75 Å². The number of anilines is 1. The summed E-state index contributed by atoms with van der Waals surface area (Å²) < 4.78 is 12.7. The van der Waals surface area contributed by atoms with Crippen LogP contribution in [0.4, 0.5) is 10.7 Å². The van der Waals surface area contributed by atoms with Gasteiger partial charge < -0.3 is 29.6 Å². The van der Waals surface area contributed by atoms with Gasteiger partial charge in [-0.15, -0.1) is 0 Å². The average molecular weight is 638 g/mol. The second kappa shape index (κ2) is 11.6. The van der Waals surface area contributed by atoms with Crippen molar-refractivity contribution in [2.24, 2.45) is 5.41 Å². The van der Waals surface area contributed by atoms with Crippen molar-refractivity contribution in [2.75, 3.05) is 38.2 Å². The van der Waals surface area contributed by atoms with Gasteiger partial charge >= 0.3 is 6.09 Å². The zero-order chi connectivity index (χ0) is 32.9.